The molecule has 3 rings (SSSR count). The molecular formula is C17H15BrN4O3S. The summed E-state index contributed by atoms with van der Waals surface area (Å²) in [7, 11) is 3.09. The molecule has 0 radical (unpaired) electrons. The lowest BCUT2D eigenvalue weighted by Crippen LogP contribution is -1.96. The van der Waals surface area contributed by atoms with Gasteiger partial charge >= 0.3 is 0 Å². The Labute approximate surface area is 163 Å². The van der Waals surface area contributed by atoms with Gasteiger partial charge in [-0.2, -0.15) is 14.9 Å². The minimum atomic E-state index is 0.0310. The van der Waals surface area contributed by atoms with Crippen LogP contribution in [0.3, 0.4) is 0 Å². The Hall–Kier alpha value is -2.65. The van der Waals surface area contributed by atoms with Crippen LogP contribution >= 0.6 is 28.1 Å². The number of halogens is 1. The van der Waals surface area contributed by atoms with Crippen LogP contribution in [0.25, 0.3) is 11.4 Å². The lowest BCUT2D eigenvalue weighted by Gasteiger charge is -2.06. The maximum atomic E-state index is 9.89. The van der Waals surface area contributed by atoms with Gasteiger partial charge in [0.15, 0.2) is 17.3 Å². The van der Waals surface area contributed by atoms with Crippen molar-refractivity contribution in [3.05, 3.63) is 51.2 Å². The molecule has 0 aliphatic heterocycles. The Kier molecular flexibility index (Phi) is 5.38. The molecule has 7 nitrogen and oxygen atoms in total. The normalized spacial score (nSPS) is 11.0. The molecule has 2 N–H and O–H groups in total. The van der Waals surface area contributed by atoms with E-state index in [1.54, 1.807) is 25.5 Å². The topological polar surface area (TPSA) is 84.7 Å². The average Bonchev–Trinajstić information content (AvgIpc) is 3.03. The van der Waals surface area contributed by atoms with E-state index >= 15 is 0 Å². The first-order valence-electron chi connectivity index (χ1n) is 7.46. The summed E-state index contributed by atoms with van der Waals surface area (Å²) >= 11 is 8.55. The van der Waals surface area contributed by atoms with Crippen molar-refractivity contribution in [1.29, 1.82) is 0 Å². The number of phenols is 1. The number of hydrogen-bond acceptors (Lipinski definition) is 6. The van der Waals surface area contributed by atoms with Crippen molar-refractivity contribution in [2.24, 2.45) is 5.10 Å². The summed E-state index contributed by atoms with van der Waals surface area (Å²) in [5.74, 6) is 1.69. The van der Waals surface area contributed by atoms with Crippen molar-refractivity contribution in [3.63, 3.8) is 0 Å². The largest absolute Gasteiger partial charge is 0.503 e. The van der Waals surface area contributed by atoms with Crippen LogP contribution in [0.5, 0.6) is 17.2 Å². The zero-order chi connectivity index (χ0) is 18.7. The summed E-state index contributed by atoms with van der Waals surface area (Å²) in [4.78, 5) is 0. The van der Waals surface area contributed by atoms with Gasteiger partial charge in [0.1, 0.15) is 5.75 Å². The summed E-state index contributed by atoms with van der Waals surface area (Å²) in [5.41, 5.74) is 1.55. The van der Waals surface area contributed by atoms with Gasteiger partial charge < -0.3 is 14.6 Å². The zero-order valence-electron chi connectivity index (χ0n) is 13.9. The third-order valence-corrected chi connectivity index (χ3v) is 4.46. The molecule has 26 heavy (non-hydrogen) atoms. The molecule has 0 aliphatic rings. The summed E-state index contributed by atoms with van der Waals surface area (Å²) in [5, 5.41) is 21.3. The summed E-state index contributed by atoms with van der Waals surface area (Å²) in [6, 6.07) is 10.8. The number of rotatable bonds is 5. The van der Waals surface area contributed by atoms with Gasteiger partial charge in [0.25, 0.3) is 0 Å². The van der Waals surface area contributed by atoms with Crippen LogP contribution in [-0.4, -0.2) is 40.4 Å². The van der Waals surface area contributed by atoms with Crippen LogP contribution in [0.1, 0.15) is 5.56 Å². The monoisotopic (exact) mass is 434 g/mol. The van der Waals surface area contributed by atoms with Crippen molar-refractivity contribution in [2.45, 2.75) is 0 Å². The van der Waals surface area contributed by atoms with Gasteiger partial charge in [-0.15, -0.1) is 0 Å². The van der Waals surface area contributed by atoms with Crippen LogP contribution in [0.2, 0.25) is 0 Å². The number of aromatic hydroxyl groups is 1. The fourth-order valence-electron chi connectivity index (χ4n) is 2.27. The van der Waals surface area contributed by atoms with Gasteiger partial charge in [-0.05, 0) is 70.1 Å². The van der Waals surface area contributed by atoms with Crippen molar-refractivity contribution in [1.82, 2.24) is 14.9 Å². The number of H-pyrrole nitrogens is 1. The van der Waals surface area contributed by atoms with E-state index in [0.29, 0.717) is 20.8 Å². The third-order valence-electron chi connectivity index (χ3n) is 3.59. The second kappa shape index (κ2) is 7.71. The van der Waals surface area contributed by atoms with Crippen LogP contribution in [0, 0.1) is 4.77 Å². The van der Waals surface area contributed by atoms with E-state index < -0.39 is 0 Å². The first kappa shape index (κ1) is 18.2. The lowest BCUT2D eigenvalue weighted by atomic mass is 10.2. The van der Waals surface area contributed by atoms with Gasteiger partial charge in [-0.3, -0.25) is 0 Å². The molecule has 1 aromatic heterocycles. The molecule has 134 valence electrons. The van der Waals surface area contributed by atoms with E-state index in [-0.39, 0.29) is 5.75 Å². The number of nitrogens with one attached hydrogen (secondary N) is 1. The van der Waals surface area contributed by atoms with E-state index in [9.17, 15) is 5.11 Å². The Bertz CT molecular complexity index is 1010. The van der Waals surface area contributed by atoms with Crippen molar-refractivity contribution < 1.29 is 14.6 Å². The highest BCUT2D eigenvalue weighted by atomic mass is 79.9. The number of hydrogen-bond donors (Lipinski definition) is 2. The number of methoxy groups -OCH3 is 2. The number of benzene rings is 2. The Morgan fingerprint density at radius 1 is 1.23 bits per heavy atom. The summed E-state index contributed by atoms with van der Waals surface area (Å²) in [6.45, 7) is 0. The number of aromatic amines is 1. The molecule has 9 heteroatoms. The summed E-state index contributed by atoms with van der Waals surface area (Å²) < 4.78 is 12.7. The van der Waals surface area contributed by atoms with E-state index in [4.69, 9.17) is 21.7 Å². The SMILES string of the molecule is COc1ccc(-c2n[nH]c(=S)n2/N=C/c2cc(Br)c(O)c(OC)c2)cc1. The molecule has 0 aliphatic carbocycles. The third kappa shape index (κ3) is 3.63. The molecule has 0 spiro atoms. The Morgan fingerprint density at radius 3 is 2.62 bits per heavy atom. The second-order valence-electron chi connectivity index (χ2n) is 5.19. The quantitative estimate of drug-likeness (QED) is 0.468. The van der Waals surface area contributed by atoms with Crippen molar-refractivity contribution in [3.8, 4) is 28.6 Å². The molecule has 2 aromatic carbocycles. The molecule has 1 heterocycles. The molecule has 0 saturated heterocycles. The Morgan fingerprint density at radius 2 is 1.96 bits per heavy atom. The minimum Gasteiger partial charge on any atom is -0.503 e. The van der Waals surface area contributed by atoms with Crippen LogP contribution < -0.4 is 9.47 Å². The lowest BCUT2D eigenvalue weighted by molar-refractivity contribution is 0.372. The van der Waals surface area contributed by atoms with Gasteiger partial charge in [0.2, 0.25) is 4.77 Å². The predicted molar refractivity (Wildman–Crippen MR) is 105 cm³/mol. The molecule has 0 amide bonds. The fourth-order valence-corrected chi connectivity index (χ4v) is 2.91. The van der Waals surface area contributed by atoms with Crippen LogP contribution in [0.4, 0.5) is 0 Å². The van der Waals surface area contributed by atoms with Crippen LogP contribution in [-0.2, 0) is 0 Å². The first-order valence-corrected chi connectivity index (χ1v) is 8.66. The average molecular weight is 435 g/mol. The molecule has 0 unspecified atom stereocenters. The van der Waals surface area contributed by atoms with Crippen molar-refractivity contribution >= 4 is 34.4 Å². The maximum absolute atomic E-state index is 9.89. The second-order valence-corrected chi connectivity index (χ2v) is 6.43. The highest BCUT2D eigenvalue weighted by molar-refractivity contribution is 9.10. The van der Waals surface area contributed by atoms with E-state index in [2.05, 4.69) is 31.2 Å². The number of aromatic nitrogens is 3. The standard InChI is InChI=1S/C17H15BrN4O3S/c1-24-12-5-3-11(4-6-12)16-20-21-17(26)22(16)19-9-10-7-13(18)15(23)14(8-10)25-2/h3-9,23H,1-2H3,(H,21,26)/b19-9+. The van der Waals surface area contributed by atoms with Gasteiger partial charge in [0, 0.05) is 5.56 Å². The number of nitrogens with zero attached hydrogens (tertiary/aromatic N) is 3. The zero-order valence-corrected chi connectivity index (χ0v) is 16.3. The molecular weight excluding hydrogens is 420 g/mol. The van der Waals surface area contributed by atoms with E-state index in [1.807, 2.05) is 24.3 Å². The van der Waals surface area contributed by atoms with Crippen molar-refractivity contribution in [2.75, 3.05) is 14.2 Å². The molecule has 0 saturated carbocycles. The smallest absolute Gasteiger partial charge is 0.216 e. The van der Waals surface area contributed by atoms with Gasteiger partial charge in [-0.1, -0.05) is 0 Å². The maximum Gasteiger partial charge on any atom is 0.216 e. The first-order chi connectivity index (χ1) is 12.5. The molecule has 0 bridgehead atoms. The fraction of sp³-hybridized carbons (Fsp3) is 0.118. The van der Waals surface area contributed by atoms with E-state index in [0.717, 1.165) is 16.9 Å². The Balaban J connectivity index is 1.98. The molecule has 3 aromatic rings. The number of ether oxygens (including phenoxy) is 2. The van der Waals surface area contributed by atoms with Gasteiger partial charge in [-0.25, -0.2) is 5.10 Å². The number of phenolic OH excluding ortho intramolecular Hbond substituents is 1. The van der Waals surface area contributed by atoms with Gasteiger partial charge in [0.05, 0.1) is 24.9 Å². The van der Waals surface area contributed by atoms with Crippen LogP contribution in [0.15, 0.2) is 46.0 Å². The minimum absolute atomic E-state index is 0.0310. The predicted octanol–water partition coefficient (Wildman–Crippen LogP) is 3.98. The molecule has 0 fully saturated rings. The molecule has 0 atom stereocenters. The summed E-state index contributed by atoms with van der Waals surface area (Å²) in [6.07, 6.45) is 1.60. The highest BCUT2D eigenvalue weighted by Crippen LogP contribution is 2.34. The highest BCUT2D eigenvalue weighted by Gasteiger charge is 2.10. The van der Waals surface area contributed by atoms with E-state index in [1.165, 1.54) is 11.8 Å².